The molecule has 0 spiro atoms. The Labute approximate surface area is 107 Å². The topological polar surface area (TPSA) is 54.3 Å². The highest BCUT2D eigenvalue weighted by Gasteiger charge is 2.13. The van der Waals surface area contributed by atoms with E-state index < -0.39 is 0 Å². The quantitative estimate of drug-likeness (QED) is 0.818. The second kappa shape index (κ2) is 6.67. The number of aryl methyl sites for hydroxylation is 1. The van der Waals surface area contributed by atoms with Gasteiger partial charge in [-0.1, -0.05) is 24.9 Å². The molecule has 0 saturated carbocycles. The number of nitrogens with zero attached hydrogens (tertiary/aromatic N) is 1. The van der Waals surface area contributed by atoms with Crippen LogP contribution in [0.25, 0.3) is 0 Å². The van der Waals surface area contributed by atoms with Gasteiger partial charge < -0.3 is 15.0 Å². The molecule has 17 heavy (non-hydrogen) atoms. The van der Waals surface area contributed by atoms with Crippen LogP contribution < -0.4 is 5.32 Å². The molecule has 1 rings (SSSR count). The fourth-order valence-electron chi connectivity index (χ4n) is 1.71. The average molecular weight is 259 g/mol. The number of aromatic nitrogens is 1. The lowest BCUT2D eigenvalue weighted by Crippen LogP contribution is -2.30. The molecule has 1 aromatic heterocycles. The van der Waals surface area contributed by atoms with E-state index in [-0.39, 0.29) is 12.5 Å². The van der Waals surface area contributed by atoms with Gasteiger partial charge in [-0.2, -0.15) is 0 Å². The maximum atomic E-state index is 11.9. The standard InChI is InChI=1S/C12H19ClN2O2/c1-3-9(4-5-16)7-14-12(17)11-6-10(13)8-15(11)2/h6,8-9,16H,3-5,7H2,1-2H3,(H,14,17). The van der Waals surface area contributed by atoms with Gasteiger partial charge in [-0.15, -0.1) is 0 Å². The molecule has 1 aromatic rings. The molecule has 0 aliphatic rings. The predicted molar refractivity (Wildman–Crippen MR) is 68.2 cm³/mol. The molecule has 0 aliphatic heterocycles. The van der Waals surface area contributed by atoms with Crippen molar-refractivity contribution in [3.8, 4) is 0 Å². The van der Waals surface area contributed by atoms with Crippen molar-refractivity contribution in [1.29, 1.82) is 0 Å². The fourth-order valence-corrected chi connectivity index (χ4v) is 1.96. The van der Waals surface area contributed by atoms with Crippen LogP contribution in [0.15, 0.2) is 12.3 Å². The van der Waals surface area contributed by atoms with Crippen LogP contribution in [-0.4, -0.2) is 28.7 Å². The number of hydrogen-bond acceptors (Lipinski definition) is 2. The lowest BCUT2D eigenvalue weighted by atomic mass is 10.0. The number of amides is 1. The Morgan fingerprint density at radius 3 is 2.82 bits per heavy atom. The van der Waals surface area contributed by atoms with E-state index >= 15 is 0 Å². The van der Waals surface area contributed by atoms with Gasteiger partial charge in [0.05, 0.1) is 5.02 Å². The first-order valence-corrected chi connectivity index (χ1v) is 6.17. The van der Waals surface area contributed by atoms with Crippen molar-refractivity contribution >= 4 is 17.5 Å². The average Bonchev–Trinajstić information content (AvgIpc) is 2.63. The number of carbonyl (C=O) groups is 1. The molecule has 1 heterocycles. The minimum Gasteiger partial charge on any atom is -0.396 e. The molecule has 5 heteroatoms. The van der Waals surface area contributed by atoms with Gasteiger partial charge in [-0.05, 0) is 18.4 Å². The van der Waals surface area contributed by atoms with Crippen LogP contribution in [0.4, 0.5) is 0 Å². The lowest BCUT2D eigenvalue weighted by Gasteiger charge is -2.14. The van der Waals surface area contributed by atoms with Crippen molar-refractivity contribution in [2.75, 3.05) is 13.2 Å². The van der Waals surface area contributed by atoms with Gasteiger partial charge in [-0.3, -0.25) is 4.79 Å². The Balaban J connectivity index is 2.52. The molecule has 0 radical (unpaired) electrons. The molecule has 1 atom stereocenters. The van der Waals surface area contributed by atoms with Crippen LogP contribution in [0.3, 0.4) is 0 Å². The van der Waals surface area contributed by atoms with Gasteiger partial charge in [0, 0.05) is 26.4 Å². The molecule has 96 valence electrons. The molecule has 0 aliphatic carbocycles. The third-order valence-electron chi connectivity index (χ3n) is 2.87. The number of hydrogen-bond donors (Lipinski definition) is 2. The zero-order valence-electron chi connectivity index (χ0n) is 10.2. The third-order valence-corrected chi connectivity index (χ3v) is 3.08. The van der Waals surface area contributed by atoms with Crippen molar-refractivity contribution in [2.45, 2.75) is 19.8 Å². The molecular formula is C12H19ClN2O2. The van der Waals surface area contributed by atoms with Gasteiger partial charge >= 0.3 is 0 Å². The Bertz CT molecular complexity index is 377. The summed E-state index contributed by atoms with van der Waals surface area (Å²) >= 11 is 5.82. The lowest BCUT2D eigenvalue weighted by molar-refractivity contribution is 0.0935. The summed E-state index contributed by atoms with van der Waals surface area (Å²) in [7, 11) is 1.78. The van der Waals surface area contributed by atoms with Crippen LogP contribution in [0.2, 0.25) is 5.02 Å². The first-order valence-electron chi connectivity index (χ1n) is 5.79. The minimum absolute atomic E-state index is 0.129. The highest BCUT2D eigenvalue weighted by atomic mass is 35.5. The maximum absolute atomic E-state index is 11.9. The van der Waals surface area contributed by atoms with Crippen LogP contribution >= 0.6 is 11.6 Å². The zero-order chi connectivity index (χ0) is 12.8. The number of aliphatic hydroxyl groups is 1. The number of rotatable bonds is 6. The molecule has 0 aromatic carbocycles. The van der Waals surface area contributed by atoms with Gasteiger partial charge in [0.2, 0.25) is 0 Å². The number of aliphatic hydroxyl groups excluding tert-OH is 1. The Hall–Kier alpha value is -1.00. The number of halogens is 1. The molecular weight excluding hydrogens is 240 g/mol. The highest BCUT2D eigenvalue weighted by molar-refractivity contribution is 6.31. The van der Waals surface area contributed by atoms with E-state index in [2.05, 4.69) is 5.32 Å². The van der Waals surface area contributed by atoms with E-state index in [1.54, 1.807) is 23.9 Å². The molecule has 1 amide bonds. The Morgan fingerprint density at radius 2 is 2.35 bits per heavy atom. The molecule has 4 nitrogen and oxygen atoms in total. The van der Waals surface area contributed by atoms with E-state index in [9.17, 15) is 4.79 Å². The Kier molecular flexibility index (Phi) is 5.51. The van der Waals surface area contributed by atoms with Crippen LogP contribution in [-0.2, 0) is 7.05 Å². The Morgan fingerprint density at radius 1 is 1.65 bits per heavy atom. The van der Waals surface area contributed by atoms with E-state index in [0.717, 1.165) is 6.42 Å². The highest BCUT2D eigenvalue weighted by Crippen LogP contribution is 2.13. The first kappa shape index (κ1) is 14.1. The van der Waals surface area contributed by atoms with Crippen molar-refractivity contribution in [3.05, 3.63) is 23.0 Å². The summed E-state index contributed by atoms with van der Waals surface area (Å²) in [6.07, 6.45) is 3.35. The van der Waals surface area contributed by atoms with Crippen LogP contribution in [0.5, 0.6) is 0 Å². The third kappa shape index (κ3) is 4.06. The first-order chi connectivity index (χ1) is 8.08. The molecule has 2 N–H and O–H groups in total. The van der Waals surface area contributed by atoms with Crippen molar-refractivity contribution in [1.82, 2.24) is 9.88 Å². The van der Waals surface area contributed by atoms with E-state index in [0.29, 0.717) is 29.6 Å². The van der Waals surface area contributed by atoms with Gasteiger partial charge in [0.25, 0.3) is 5.91 Å². The molecule has 0 saturated heterocycles. The predicted octanol–water partition coefficient (Wildman–Crippen LogP) is 1.82. The monoisotopic (exact) mass is 258 g/mol. The van der Waals surface area contributed by atoms with Crippen LogP contribution in [0, 0.1) is 5.92 Å². The van der Waals surface area contributed by atoms with Gasteiger partial charge in [-0.25, -0.2) is 0 Å². The number of carbonyl (C=O) groups excluding carboxylic acids is 1. The maximum Gasteiger partial charge on any atom is 0.267 e. The smallest absolute Gasteiger partial charge is 0.267 e. The van der Waals surface area contributed by atoms with Crippen molar-refractivity contribution in [3.63, 3.8) is 0 Å². The van der Waals surface area contributed by atoms with Gasteiger partial charge in [0.1, 0.15) is 5.69 Å². The molecule has 0 bridgehead atoms. The van der Waals surface area contributed by atoms with Crippen molar-refractivity contribution < 1.29 is 9.90 Å². The minimum atomic E-state index is -0.129. The van der Waals surface area contributed by atoms with E-state index in [1.165, 1.54) is 0 Å². The zero-order valence-corrected chi connectivity index (χ0v) is 11.0. The summed E-state index contributed by atoms with van der Waals surface area (Å²) < 4.78 is 1.70. The number of nitrogens with one attached hydrogen (secondary N) is 1. The van der Waals surface area contributed by atoms with Gasteiger partial charge in [0.15, 0.2) is 0 Å². The molecule has 1 unspecified atom stereocenters. The van der Waals surface area contributed by atoms with Crippen LogP contribution in [0.1, 0.15) is 30.3 Å². The normalized spacial score (nSPS) is 12.5. The summed E-state index contributed by atoms with van der Waals surface area (Å²) in [6.45, 7) is 2.79. The summed E-state index contributed by atoms with van der Waals surface area (Å²) in [4.78, 5) is 11.9. The SMILES string of the molecule is CCC(CCO)CNC(=O)c1cc(Cl)cn1C. The van der Waals surface area contributed by atoms with E-state index in [1.807, 2.05) is 6.92 Å². The fraction of sp³-hybridized carbons (Fsp3) is 0.583. The second-order valence-electron chi connectivity index (χ2n) is 4.15. The summed E-state index contributed by atoms with van der Waals surface area (Å²) in [6, 6.07) is 1.64. The second-order valence-corrected chi connectivity index (χ2v) is 4.59. The van der Waals surface area contributed by atoms with E-state index in [4.69, 9.17) is 16.7 Å². The largest absolute Gasteiger partial charge is 0.396 e. The summed E-state index contributed by atoms with van der Waals surface area (Å²) in [5.41, 5.74) is 0.550. The summed E-state index contributed by atoms with van der Waals surface area (Å²) in [5.74, 6) is 0.190. The summed E-state index contributed by atoms with van der Waals surface area (Å²) in [5, 5.41) is 12.3. The van der Waals surface area contributed by atoms with Crippen molar-refractivity contribution in [2.24, 2.45) is 13.0 Å². The molecule has 0 fully saturated rings.